The van der Waals surface area contributed by atoms with Crippen LogP contribution in [0.4, 0.5) is 0 Å². The van der Waals surface area contributed by atoms with Gasteiger partial charge in [0.1, 0.15) is 30.2 Å². The summed E-state index contributed by atoms with van der Waals surface area (Å²) in [5, 5.41) is 15.6. The van der Waals surface area contributed by atoms with Gasteiger partial charge in [-0.1, -0.05) is 58.6 Å². The van der Waals surface area contributed by atoms with Gasteiger partial charge < -0.3 is 54.0 Å². The van der Waals surface area contributed by atoms with E-state index in [-0.39, 0.29) is 56.6 Å². The zero-order chi connectivity index (χ0) is 48.8. The van der Waals surface area contributed by atoms with Crippen LogP contribution in [0.3, 0.4) is 0 Å². The van der Waals surface area contributed by atoms with Crippen LogP contribution >= 0.6 is 0 Å². The third kappa shape index (κ3) is 18.5. The first-order chi connectivity index (χ1) is 31.4. The molecule has 19 heteroatoms. The first-order valence-corrected chi connectivity index (χ1v) is 22.8. The third-order valence-electron chi connectivity index (χ3n) is 11.2. The van der Waals surface area contributed by atoms with E-state index in [2.05, 4.69) is 54.7 Å². The van der Waals surface area contributed by atoms with Crippen molar-refractivity contribution in [3.63, 3.8) is 0 Å². The van der Waals surface area contributed by atoms with Crippen molar-refractivity contribution in [2.45, 2.75) is 135 Å². The highest BCUT2D eigenvalue weighted by Gasteiger charge is 2.36. The molecule has 1 aliphatic heterocycles. The average Bonchev–Trinajstić information content (AvgIpc) is 3.76. The predicted octanol–water partition coefficient (Wildman–Crippen LogP) is -0.147. The second kappa shape index (κ2) is 27.6. The number of terminal acetylenes is 1. The van der Waals surface area contributed by atoms with Gasteiger partial charge in [0.2, 0.25) is 41.4 Å². The standard InChI is InChI=1S/C47H69N11O8/c1-6-14-34(41(48)61)54-44(64)35(17-12-23-51-47(49)50)55-46(66)40(30(4)5)57-38(59)27-52-43(63)36(25-29(2)3)56-45(65)37-18-13-24-58(37)39(60)28-53-42(62)33-21-19-32(20-22-33)26-31-15-10-8-7-9-11-16-31/h1,19-22,29-31,34-37,40H,7-10,12-15,17-18,23-28H2,2-5H3,(H2,48,61)(H,52,63)(H,53,62)(H,54,64)(H,55,66)(H,56,65)(H,57,59)(H4,49,50,51)/t31?,34?,35-,36-,37-,40-/m0/s1. The highest BCUT2D eigenvalue weighted by atomic mass is 16.2. The summed E-state index contributed by atoms with van der Waals surface area (Å²) in [6.07, 6.45) is 12.8. The number of likely N-dealkylation sites (tertiary alicyclic amines) is 1. The molecule has 0 aromatic heterocycles. The van der Waals surface area contributed by atoms with Crippen LogP contribution in [0, 0.1) is 41.9 Å². The molecule has 1 aromatic carbocycles. The van der Waals surface area contributed by atoms with Crippen molar-refractivity contribution in [3.05, 3.63) is 35.4 Å². The van der Waals surface area contributed by atoms with E-state index in [0.717, 1.165) is 37.7 Å². The van der Waals surface area contributed by atoms with Crippen LogP contribution < -0.4 is 49.1 Å². The van der Waals surface area contributed by atoms with Gasteiger partial charge in [0.25, 0.3) is 5.91 Å². The zero-order valence-electron chi connectivity index (χ0n) is 38.7. The highest BCUT2D eigenvalue weighted by molar-refractivity contribution is 5.98. The number of benzene rings is 1. The lowest BCUT2D eigenvalue weighted by Gasteiger charge is -2.27. The summed E-state index contributed by atoms with van der Waals surface area (Å²) in [6, 6.07) is 1.79. The molecule has 2 aliphatic rings. The number of hydrogen-bond acceptors (Lipinski definition) is 9. The number of primary amides is 1. The number of nitrogens with two attached hydrogens (primary N) is 3. The second-order valence-corrected chi connectivity index (χ2v) is 17.5. The number of nitrogens with zero attached hydrogens (tertiary/aromatic N) is 2. The lowest BCUT2D eigenvalue weighted by molar-refractivity contribution is -0.139. The molecule has 1 saturated heterocycles. The molecule has 1 aromatic rings. The Morgan fingerprint density at radius 2 is 1.53 bits per heavy atom. The summed E-state index contributed by atoms with van der Waals surface area (Å²) in [6.45, 7) is 6.60. The topological polar surface area (TPSA) is 302 Å². The number of amides is 8. The zero-order valence-corrected chi connectivity index (χ0v) is 38.7. The summed E-state index contributed by atoms with van der Waals surface area (Å²) < 4.78 is 0. The Bertz CT molecular complexity index is 2000. The molecule has 0 spiro atoms. The lowest BCUT2D eigenvalue weighted by atomic mass is 9.92. The first kappa shape index (κ1) is 53.7. The summed E-state index contributed by atoms with van der Waals surface area (Å²) in [5.41, 5.74) is 17.7. The molecule has 12 N–H and O–H groups in total. The third-order valence-corrected chi connectivity index (χ3v) is 11.2. The quantitative estimate of drug-likeness (QED) is 0.0286. The van der Waals surface area contributed by atoms with Crippen molar-refractivity contribution in [1.82, 2.24) is 36.8 Å². The van der Waals surface area contributed by atoms with Crippen molar-refractivity contribution in [1.29, 1.82) is 0 Å². The van der Waals surface area contributed by atoms with Crippen molar-refractivity contribution >= 4 is 53.2 Å². The molecule has 19 nitrogen and oxygen atoms in total. The molecule has 1 heterocycles. The number of aliphatic imine (C=N–C) groups is 1. The minimum absolute atomic E-state index is 0.0449. The van der Waals surface area contributed by atoms with Crippen molar-refractivity contribution in [2.75, 3.05) is 26.2 Å². The van der Waals surface area contributed by atoms with Crippen LogP contribution in [0.15, 0.2) is 29.3 Å². The molecular formula is C47H69N11O8. The van der Waals surface area contributed by atoms with Gasteiger partial charge in [0.05, 0.1) is 13.1 Å². The normalized spacial score (nSPS) is 17.4. The Hall–Kier alpha value is -6.63. The molecule has 0 radical (unpaired) electrons. The fourth-order valence-electron chi connectivity index (χ4n) is 7.66. The summed E-state index contributed by atoms with van der Waals surface area (Å²) in [5.74, 6) is 3.37. The van der Waals surface area contributed by atoms with E-state index in [1.54, 1.807) is 26.0 Å². The summed E-state index contributed by atoms with van der Waals surface area (Å²) in [4.78, 5) is 111. The minimum atomic E-state index is -1.20. The van der Waals surface area contributed by atoms with E-state index in [4.69, 9.17) is 23.6 Å². The average molecular weight is 916 g/mol. The van der Waals surface area contributed by atoms with E-state index in [9.17, 15) is 38.4 Å². The molecule has 1 fully saturated rings. The van der Waals surface area contributed by atoms with Gasteiger partial charge in [-0.15, -0.1) is 18.3 Å². The van der Waals surface area contributed by atoms with Gasteiger partial charge in [-0.25, -0.2) is 0 Å². The van der Waals surface area contributed by atoms with E-state index < -0.39 is 89.9 Å². The molecular weight excluding hydrogens is 847 g/mol. The van der Waals surface area contributed by atoms with Crippen LogP contribution in [0.1, 0.15) is 114 Å². The van der Waals surface area contributed by atoms with Crippen LogP contribution in [-0.4, -0.2) is 115 Å². The molecule has 6 atom stereocenters. The Labute approximate surface area is 388 Å². The number of carbonyl (C=O) groups is 8. The maximum Gasteiger partial charge on any atom is 0.251 e. The Morgan fingerprint density at radius 3 is 2.18 bits per heavy atom. The van der Waals surface area contributed by atoms with Crippen molar-refractivity contribution < 1.29 is 38.4 Å². The maximum atomic E-state index is 13.7. The second-order valence-electron chi connectivity index (χ2n) is 17.5. The van der Waals surface area contributed by atoms with Crippen LogP contribution in [0.5, 0.6) is 0 Å². The first-order valence-electron chi connectivity index (χ1n) is 22.8. The largest absolute Gasteiger partial charge is 0.370 e. The molecule has 1 aliphatic carbocycles. The number of rotatable bonds is 24. The smallest absolute Gasteiger partial charge is 0.251 e. The minimum Gasteiger partial charge on any atom is -0.370 e. The SMILES string of the molecule is C#CCC(NC(=O)[C@H](CCCN=C(N)N)NC(=O)[C@@H](NC(=O)CNC(=O)[C@H](CC(C)C)NC(=O)[C@@H]1CCCN1C(=O)CNC(=O)c1ccc(CC2C#CCCCCC2)cc1)C(C)C)C(N)=O. The molecule has 8 amide bonds. The van der Waals surface area contributed by atoms with Gasteiger partial charge >= 0.3 is 0 Å². The molecule has 0 bridgehead atoms. The van der Waals surface area contributed by atoms with Gasteiger partial charge in [0, 0.05) is 37.4 Å². The van der Waals surface area contributed by atoms with Gasteiger partial charge in [0.15, 0.2) is 5.96 Å². The Kier molecular flexibility index (Phi) is 22.5. The highest BCUT2D eigenvalue weighted by Crippen LogP contribution is 2.20. The fraction of sp³-hybridized carbons (Fsp3) is 0.596. The van der Waals surface area contributed by atoms with Gasteiger partial charge in [-0.2, -0.15) is 0 Å². The molecule has 360 valence electrons. The summed E-state index contributed by atoms with van der Waals surface area (Å²) in [7, 11) is 0. The number of guanidine groups is 1. The van der Waals surface area contributed by atoms with E-state index in [1.807, 2.05) is 26.0 Å². The number of carbonyl (C=O) groups excluding carboxylic acids is 8. The Balaban J connectivity index is 1.57. The monoisotopic (exact) mass is 916 g/mol. The number of nitrogens with one attached hydrogen (secondary N) is 6. The van der Waals surface area contributed by atoms with Gasteiger partial charge in [-0.3, -0.25) is 43.3 Å². The van der Waals surface area contributed by atoms with Crippen molar-refractivity contribution in [3.8, 4) is 24.2 Å². The molecule has 2 unspecified atom stereocenters. The van der Waals surface area contributed by atoms with Gasteiger partial charge in [-0.05, 0) is 80.9 Å². The van der Waals surface area contributed by atoms with E-state index in [0.29, 0.717) is 24.9 Å². The van der Waals surface area contributed by atoms with Crippen LogP contribution in [0.2, 0.25) is 0 Å². The molecule has 3 rings (SSSR count). The lowest BCUT2D eigenvalue weighted by Crippen LogP contribution is -2.58. The molecule has 66 heavy (non-hydrogen) atoms. The van der Waals surface area contributed by atoms with Crippen LogP contribution in [0.25, 0.3) is 0 Å². The molecule has 0 saturated carbocycles. The summed E-state index contributed by atoms with van der Waals surface area (Å²) >= 11 is 0. The van der Waals surface area contributed by atoms with E-state index >= 15 is 0 Å². The van der Waals surface area contributed by atoms with E-state index in [1.165, 1.54) is 11.3 Å². The fourth-order valence-corrected chi connectivity index (χ4v) is 7.66. The van der Waals surface area contributed by atoms with Crippen molar-refractivity contribution in [2.24, 2.45) is 39.9 Å². The number of hydrogen-bond donors (Lipinski definition) is 9. The predicted molar refractivity (Wildman–Crippen MR) is 249 cm³/mol. The van der Waals surface area contributed by atoms with Crippen LogP contribution in [-0.2, 0) is 40.0 Å². The Morgan fingerprint density at radius 1 is 0.818 bits per heavy atom. The maximum absolute atomic E-state index is 13.7.